The maximum absolute atomic E-state index is 5.68. The maximum atomic E-state index is 5.68. The Labute approximate surface area is 86.5 Å². The molecule has 0 radical (unpaired) electrons. The van der Waals surface area contributed by atoms with Crippen LogP contribution in [0.3, 0.4) is 0 Å². The largest absolute Gasteiger partial charge is 0.490 e. The third kappa shape index (κ3) is 2.44. The summed E-state index contributed by atoms with van der Waals surface area (Å²) in [7, 11) is 0. The standard InChI is InChI=1S/C10H12BrNO/c1-2-7-5-9(6-10(11)12-7)13-8-3-4-8/h5-6,8H,2-4H2,1H3. The lowest BCUT2D eigenvalue weighted by Crippen LogP contribution is -1.98. The highest BCUT2D eigenvalue weighted by atomic mass is 79.9. The van der Waals surface area contributed by atoms with Gasteiger partial charge in [-0.25, -0.2) is 4.98 Å². The van der Waals surface area contributed by atoms with Gasteiger partial charge in [0.1, 0.15) is 10.4 Å². The molecular weight excluding hydrogens is 230 g/mol. The predicted molar refractivity (Wildman–Crippen MR) is 55.0 cm³/mol. The number of ether oxygens (including phenoxy) is 1. The molecule has 1 fully saturated rings. The Kier molecular flexibility index (Phi) is 2.54. The van der Waals surface area contributed by atoms with Gasteiger partial charge in [-0.3, -0.25) is 0 Å². The molecule has 0 bridgehead atoms. The molecule has 2 rings (SSSR count). The van der Waals surface area contributed by atoms with Crippen LogP contribution in [0.25, 0.3) is 0 Å². The molecule has 1 aliphatic carbocycles. The minimum atomic E-state index is 0.457. The van der Waals surface area contributed by atoms with Crippen molar-refractivity contribution < 1.29 is 4.74 Å². The molecule has 0 saturated heterocycles. The highest BCUT2D eigenvalue weighted by Crippen LogP contribution is 2.28. The summed E-state index contributed by atoms with van der Waals surface area (Å²) in [6, 6.07) is 3.94. The van der Waals surface area contributed by atoms with Crippen molar-refractivity contribution in [1.29, 1.82) is 0 Å². The number of halogens is 1. The number of hydrogen-bond donors (Lipinski definition) is 0. The van der Waals surface area contributed by atoms with Crippen LogP contribution < -0.4 is 4.74 Å². The van der Waals surface area contributed by atoms with E-state index in [0.29, 0.717) is 6.10 Å². The average molecular weight is 242 g/mol. The van der Waals surface area contributed by atoms with E-state index in [1.807, 2.05) is 12.1 Å². The van der Waals surface area contributed by atoms with Crippen molar-refractivity contribution in [3.05, 3.63) is 22.4 Å². The number of rotatable bonds is 3. The zero-order valence-corrected chi connectivity index (χ0v) is 9.17. The highest BCUT2D eigenvalue weighted by Gasteiger charge is 2.23. The number of hydrogen-bond acceptors (Lipinski definition) is 2. The number of nitrogens with zero attached hydrogens (tertiary/aromatic N) is 1. The van der Waals surface area contributed by atoms with Crippen molar-refractivity contribution >= 4 is 15.9 Å². The topological polar surface area (TPSA) is 22.1 Å². The zero-order chi connectivity index (χ0) is 9.26. The monoisotopic (exact) mass is 241 g/mol. The summed E-state index contributed by atoms with van der Waals surface area (Å²) < 4.78 is 6.54. The van der Waals surface area contributed by atoms with E-state index in [-0.39, 0.29) is 0 Å². The maximum Gasteiger partial charge on any atom is 0.124 e. The average Bonchev–Trinajstić information content (AvgIpc) is 2.87. The molecule has 13 heavy (non-hydrogen) atoms. The van der Waals surface area contributed by atoms with Crippen LogP contribution in [-0.2, 0) is 6.42 Å². The Balaban J connectivity index is 2.17. The van der Waals surface area contributed by atoms with Crippen molar-refractivity contribution in [2.45, 2.75) is 32.3 Å². The fraction of sp³-hybridized carbons (Fsp3) is 0.500. The van der Waals surface area contributed by atoms with Crippen molar-refractivity contribution in [3.63, 3.8) is 0 Å². The second-order valence-corrected chi connectivity index (χ2v) is 4.10. The van der Waals surface area contributed by atoms with Gasteiger partial charge in [-0.2, -0.15) is 0 Å². The number of aromatic nitrogens is 1. The summed E-state index contributed by atoms with van der Waals surface area (Å²) in [6.07, 6.45) is 3.79. The van der Waals surface area contributed by atoms with E-state index in [9.17, 15) is 0 Å². The summed E-state index contributed by atoms with van der Waals surface area (Å²) in [5, 5.41) is 0. The molecular formula is C10H12BrNO. The van der Waals surface area contributed by atoms with Crippen LogP contribution in [0.1, 0.15) is 25.5 Å². The molecule has 2 nitrogen and oxygen atoms in total. The number of pyridine rings is 1. The summed E-state index contributed by atoms with van der Waals surface area (Å²) in [5.41, 5.74) is 1.07. The molecule has 1 aromatic rings. The first kappa shape index (κ1) is 9.00. The smallest absolute Gasteiger partial charge is 0.124 e. The first-order chi connectivity index (χ1) is 6.28. The van der Waals surface area contributed by atoms with E-state index in [1.54, 1.807) is 0 Å². The molecule has 0 atom stereocenters. The third-order valence-electron chi connectivity index (χ3n) is 2.01. The molecule has 0 unspecified atom stereocenters. The fourth-order valence-electron chi connectivity index (χ4n) is 1.15. The SMILES string of the molecule is CCc1cc(OC2CC2)cc(Br)n1. The second-order valence-electron chi connectivity index (χ2n) is 3.29. The lowest BCUT2D eigenvalue weighted by atomic mass is 10.3. The van der Waals surface area contributed by atoms with Gasteiger partial charge in [0.25, 0.3) is 0 Å². The first-order valence-electron chi connectivity index (χ1n) is 4.61. The van der Waals surface area contributed by atoms with E-state index < -0.39 is 0 Å². The Hall–Kier alpha value is -0.570. The quantitative estimate of drug-likeness (QED) is 0.760. The molecule has 0 N–H and O–H groups in total. The molecule has 3 heteroatoms. The lowest BCUT2D eigenvalue weighted by Gasteiger charge is -2.06. The van der Waals surface area contributed by atoms with Gasteiger partial charge in [-0.15, -0.1) is 0 Å². The Morgan fingerprint density at radius 3 is 2.92 bits per heavy atom. The van der Waals surface area contributed by atoms with Crippen LogP contribution in [0.4, 0.5) is 0 Å². The van der Waals surface area contributed by atoms with Gasteiger partial charge in [0, 0.05) is 17.8 Å². The van der Waals surface area contributed by atoms with Crippen LogP contribution in [0, 0.1) is 0 Å². The van der Waals surface area contributed by atoms with E-state index in [1.165, 1.54) is 12.8 Å². The van der Waals surface area contributed by atoms with E-state index >= 15 is 0 Å². The predicted octanol–water partition coefficient (Wildman–Crippen LogP) is 2.95. The Bertz CT molecular complexity index is 310. The van der Waals surface area contributed by atoms with Gasteiger partial charge in [0.05, 0.1) is 6.10 Å². The van der Waals surface area contributed by atoms with Gasteiger partial charge in [-0.1, -0.05) is 6.92 Å². The molecule has 0 spiro atoms. The third-order valence-corrected chi connectivity index (χ3v) is 2.42. The second kappa shape index (κ2) is 3.66. The minimum absolute atomic E-state index is 0.457. The molecule has 0 aromatic carbocycles. The first-order valence-corrected chi connectivity index (χ1v) is 5.40. The summed E-state index contributed by atoms with van der Waals surface area (Å²) >= 11 is 3.37. The minimum Gasteiger partial charge on any atom is -0.490 e. The van der Waals surface area contributed by atoms with Crippen LogP contribution in [0.15, 0.2) is 16.7 Å². The zero-order valence-electron chi connectivity index (χ0n) is 7.59. The van der Waals surface area contributed by atoms with Gasteiger partial charge in [0.2, 0.25) is 0 Å². The van der Waals surface area contributed by atoms with E-state index in [0.717, 1.165) is 22.5 Å². The van der Waals surface area contributed by atoms with E-state index in [2.05, 4.69) is 27.8 Å². The summed E-state index contributed by atoms with van der Waals surface area (Å²) in [6.45, 7) is 2.09. The molecule has 0 amide bonds. The van der Waals surface area contributed by atoms with Crippen LogP contribution >= 0.6 is 15.9 Å². The van der Waals surface area contributed by atoms with E-state index in [4.69, 9.17) is 4.74 Å². The Morgan fingerprint density at radius 1 is 1.54 bits per heavy atom. The molecule has 0 aliphatic heterocycles. The molecule has 1 saturated carbocycles. The van der Waals surface area contributed by atoms with Gasteiger partial charge in [0.15, 0.2) is 0 Å². The van der Waals surface area contributed by atoms with Crippen LogP contribution in [0.5, 0.6) is 5.75 Å². The van der Waals surface area contributed by atoms with Crippen molar-refractivity contribution in [2.24, 2.45) is 0 Å². The summed E-state index contributed by atoms with van der Waals surface area (Å²) in [4.78, 5) is 4.32. The molecule has 70 valence electrons. The van der Waals surface area contributed by atoms with Gasteiger partial charge < -0.3 is 4.74 Å². The fourth-order valence-corrected chi connectivity index (χ4v) is 1.61. The number of aryl methyl sites for hydroxylation is 1. The van der Waals surface area contributed by atoms with Gasteiger partial charge >= 0.3 is 0 Å². The normalized spacial score (nSPS) is 15.8. The van der Waals surface area contributed by atoms with Crippen LogP contribution in [0.2, 0.25) is 0 Å². The summed E-state index contributed by atoms with van der Waals surface area (Å²) in [5.74, 6) is 0.946. The van der Waals surface area contributed by atoms with Crippen LogP contribution in [-0.4, -0.2) is 11.1 Å². The van der Waals surface area contributed by atoms with Crippen molar-refractivity contribution in [1.82, 2.24) is 4.98 Å². The highest BCUT2D eigenvalue weighted by molar-refractivity contribution is 9.10. The van der Waals surface area contributed by atoms with Gasteiger partial charge in [-0.05, 0) is 35.2 Å². The molecule has 1 aromatic heterocycles. The lowest BCUT2D eigenvalue weighted by molar-refractivity contribution is 0.302. The Morgan fingerprint density at radius 2 is 2.31 bits per heavy atom. The van der Waals surface area contributed by atoms with Crippen molar-refractivity contribution in [2.75, 3.05) is 0 Å². The molecule has 1 aliphatic rings. The van der Waals surface area contributed by atoms with Crippen molar-refractivity contribution in [3.8, 4) is 5.75 Å². The molecule has 1 heterocycles.